The number of hydrogen-bond acceptors (Lipinski definition) is 6. The summed E-state index contributed by atoms with van der Waals surface area (Å²) in [6.45, 7) is 2.05. The summed E-state index contributed by atoms with van der Waals surface area (Å²) >= 11 is 7.54. The van der Waals surface area contributed by atoms with Gasteiger partial charge >= 0.3 is 0 Å². The number of nitrogens with one attached hydrogen (secondary N) is 1. The number of para-hydroxylation sites is 3. The number of rotatable bonds is 7. The third-order valence-electron chi connectivity index (χ3n) is 5.51. The lowest BCUT2D eigenvalue weighted by atomic mass is 10.2. The highest BCUT2D eigenvalue weighted by Gasteiger charge is 2.34. The first-order valence-electron chi connectivity index (χ1n) is 10.7. The Morgan fingerprint density at radius 3 is 2.76 bits per heavy atom. The van der Waals surface area contributed by atoms with Crippen molar-refractivity contribution in [1.82, 2.24) is 14.8 Å². The fourth-order valence-corrected chi connectivity index (χ4v) is 4.94. The molecule has 5 rings (SSSR count). The summed E-state index contributed by atoms with van der Waals surface area (Å²) in [7, 11) is 0. The van der Waals surface area contributed by atoms with Gasteiger partial charge in [0.1, 0.15) is 18.9 Å². The number of carbonyl (C=O) groups excluding carboxylic acids is 2. The molecule has 0 saturated heterocycles. The van der Waals surface area contributed by atoms with Crippen LogP contribution in [0.4, 0.5) is 11.4 Å². The van der Waals surface area contributed by atoms with Crippen LogP contribution in [0.2, 0.25) is 5.02 Å². The van der Waals surface area contributed by atoms with Crippen molar-refractivity contribution in [3.8, 4) is 5.75 Å². The summed E-state index contributed by atoms with van der Waals surface area (Å²) in [6.07, 6.45) is 2.07. The van der Waals surface area contributed by atoms with Gasteiger partial charge in [0.25, 0.3) is 0 Å². The van der Waals surface area contributed by atoms with Gasteiger partial charge in [-0.15, -0.1) is 10.2 Å². The number of ether oxygens (including phenoxy) is 1. The molecule has 1 unspecified atom stereocenters. The second-order valence-corrected chi connectivity index (χ2v) is 9.68. The zero-order valence-electron chi connectivity index (χ0n) is 17.9. The predicted molar refractivity (Wildman–Crippen MR) is 127 cm³/mol. The molecule has 170 valence electrons. The van der Waals surface area contributed by atoms with Gasteiger partial charge in [0.15, 0.2) is 11.0 Å². The molecule has 0 spiro atoms. The third-order valence-corrected chi connectivity index (χ3v) is 6.86. The van der Waals surface area contributed by atoms with Crippen molar-refractivity contribution in [2.75, 3.05) is 16.8 Å². The first kappa shape index (κ1) is 21.8. The standard InChI is InChI=1S/C23H22ClN5O3S/c1-14(22(31)28-12-21(30)25-17-7-3-4-8-18(17)28)33-23-27-26-20(29(23)15-10-11-15)13-32-19-9-5-2-6-16(19)24/h2-9,14-15H,10-13H2,1H3,(H,25,30). The maximum Gasteiger partial charge on any atom is 0.244 e. The molecule has 1 aromatic heterocycles. The Kier molecular flexibility index (Phi) is 5.99. The minimum Gasteiger partial charge on any atom is -0.484 e. The highest BCUT2D eigenvalue weighted by atomic mass is 35.5. The Hall–Kier alpha value is -3.04. The summed E-state index contributed by atoms with van der Waals surface area (Å²) < 4.78 is 7.93. The first-order valence-corrected chi connectivity index (χ1v) is 11.9. The van der Waals surface area contributed by atoms with Gasteiger partial charge < -0.3 is 10.1 Å². The summed E-state index contributed by atoms with van der Waals surface area (Å²) in [4.78, 5) is 27.0. The van der Waals surface area contributed by atoms with Crippen molar-refractivity contribution in [3.05, 3.63) is 59.4 Å². The number of halogens is 1. The largest absolute Gasteiger partial charge is 0.484 e. The van der Waals surface area contributed by atoms with Gasteiger partial charge in [-0.3, -0.25) is 19.1 Å². The summed E-state index contributed by atoms with van der Waals surface area (Å²) in [5.74, 6) is 0.924. The van der Waals surface area contributed by atoms with E-state index in [2.05, 4.69) is 20.1 Å². The summed E-state index contributed by atoms with van der Waals surface area (Å²) in [5, 5.41) is 12.2. The van der Waals surface area contributed by atoms with Gasteiger partial charge in [-0.25, -0.2) is 0 Å². The Morgan fingerprint density at radius 2 is 1.97 bits per heavy atom. The van der Waals surface area contributed by atoms with E-state index in [9.17, 15) is 9.59 Å². The Bertz CT molecular complexity index is 1210. The molecule has 3 aromatic rings. The number of thioether (sulfide) groups is 1. The van der Waals surface area contributed by atoms with E-state index in [1.165, 1.54) is 16.7 Å². The second-order valence-electron chi connectivity index (χ2n) is 7.97. The average molecular weight is 484 g/mol. The van der Waals surface area contributed by atoms with Gasteiger partial charge in [-0.05, 0) is 44.0 Å². The van der Waals surface area contributed by atoms with E-state index in [1.807, 2.05) is 43.3 Å². The molecule has 1 N–H and O–H groups in total. The van der Waals surface area contributed by atoms with Crippen LogP contribution >= 0.6 is 23.4 Å². The molecule has 2 amide bonds. The normalized spacial score (nSPS) is 16.2. The van der Waals surface area contributed by atoms with Gasteiger partial charge in [0.2, 0.25) is 11.8 Å². The maximum atomic E-state index is 13.3. The number of amides is 2. The Morgan fingerprint density at radius 1 is 1.21 bits per heavy atom. The molecule has 1 aliphatic carbocycles. The SMILES string of the molecule is CC(Sc1nnc(COc2ccccc2Cl)n1C1CC1)C(=O)N1CC(=O)Nc2ccccc21. The molecule has 1 saturated carbocycles. The number of fused-ring (bicyclic) bond motifs is 1. The fourth-order valence-electron chi connectivity index (χ4n) is 3.75. The van der Waals surface area contributed by atoms with Crippen molar-refractivity contribution in [3.63, 3.8) is 0 Å². The van der Waals surface area contributed by atoms with E-state index < -0.39 is 5.25 Å². The molecule has 1 fully saturated rings. The lowest BCUT2D eigenvalue weighted by molar-refractivity contribution is -0.121. The minimum absolute atomic E-state index is 0.00696. The highest BCUT2D eigenvalue weighted by Crippen LogP contribution is 2.40. The molecular formula is C23H22ClN5O3S. The zero-order chi connectivity index (χ0) is 22.9. The smallest absolute Gasteiger partial charge is 0.244 e. The first-order chi connectivity index (χ1) is 16.0. The number of benzene rings is 2. The molecule has 1 aliphatic heterocycles. The number of hydrogen-bond donors (Lipinski definition) is 1. The lowest BCUT2D eigenvalue weighted by Crippen LogP contribution is -2.45. The highest BCUT2D eigenvalue weighted by molar-refractivity contribution is 8.00. The number of aromatic nitrogens is 3. The van der Waals surface area contributed by atoms with Crippen LogP contribution in [-0.2, 0) is 16.2 Å². The Balaban J connectivity index is 1.33. The molecule has 33 heavy (non-hydrogen) atoms. The van der Waals surface area contributed by atoms with E-state index in [0.29, 0.717) is 39.2 Å². The van der Waals surface area contributed by atoms with E-state index in [1.54, 1.807) is 12.1 Å². The number of carbonyl (C=O) groups is 2. The van der Waals surface area contributed by atoms with Crippen LogP contribution in [0.5, 0.6) is 5.75 Å². The quantitative estimate of drug-likeness (QED) is 0.504. The molecule has 0 radical (unpaired) electrons. The molecule has 10 heteroatoms. The minimum atomic E-state index is -0.456. The van der Waals surface area contributed by atoms with Crippen LogP contribution < -0.4 is 15.0 Å². The number of nitrogens with zero attached hydrogens (tertiary/aromatic N) is 4. The molecule has 2 aromatic carbocycles. The van der Waals surface area contributed by atoms with Gasteiger partial charge in [0, 0.05) is 6.04 Å². The topological polar surface area (TPSA) is 89.4 Å². The lowest BCUT2D eigenvalue weighted by Gasteiger charge is -2.30. The molecule has 2 heterocycles. The Labute approximate surface area is 200 Å². The van der Waals surface area contributed by atoms with E-state index in [0.717, 1.165) is 12.8 Å². The third kappa shape index (κ3) is 4.56. The van der Waals surface area contributed by atoms with Crippen molar-refractivity contribution in [1.29, 1.82) is 0 Å². The van der Waals surface area contributed by atoms with Crippen molar-refractivity contribution in [2.24, 2.45) is 0 Å². The number of anilines is 2. The van der Waals surface area contributed by atoms with E-state index in [-0.39, 0.29) is 25.0 Å². The monoisotopic (exact) mass is 483 g/mol. The van der Waals surface area contributed by atoms with Crippen LogP contribution in [0, 0.1) is 0 Å². The van der Waals surface area contributed by atoms with Crippen molar-refractivity contribution < 1.29 is 14.3 Å². The van der Waals surface area contributed by atoms with Crippen molar-refractivity contribution in [2.45, 2.75) is 42.8 Å². The van der Waals surface area contributed by atoms with Gasteiger partial charge in [0.05, 0.1) is 21.6 Å². The van der Waals surface area contributed by atoms with Gasteiger partial charge in [-0.2, -0.15) is 0 Å². The zero-order valence-corrected chi connectivity index (χ0v) is 19.5. The van der Waals surface area contributed by atoms with Crippen LogP contribution in [0.25, 0.3) is 0 Å². The molecule has 8 nitrogen and oxygen atoms in total. The molecule has 0 bridgehead atoms. The van der Waals surface area contributed by atoms with Crippen molar-refractivity contribution >= 4 is 46.6 Å². The molecule has 2 aliphatic rings. The maximum absolute atomic E-state index is 13.3. The van der Waals surface area contributed by atoms with Crippen LogP contribution in [0.15, 0.2) is 53.7 Å². The molecule has 1 atom stereocenters. The summed E-state index contributed by atoms with van der Waals surface area (Å²) in [5.41, 5.74) is 1.34. The van der Waals surface area contributed by atoms with Crippen LogP contribution in [-0.4, -0.2) is 38.4 Å². The van der Waals surface area contributed by atoms with Crippen LogP contribution in [0.3, 0.4) is 0 Å². The van der Waals surface area contributed by atoms with Gasteiger partial charge in [-0.1, -0.05) is 47.6 Å². The van der Waals surface area contributed by atoms with E-state index >= 15 is 0 Å². The fraction of sp³-hybridized carbons (Fsp3) is 0.304. The predicted octanol–water partition coefficient (Wildman–Crippen LogP) is 4.31. The second kappa shape index (κ2) is 9.07. The summed E-state index contributed by atoms with van der Waals surface area (Å²) in [6, 6.07) is 14.9. The van der Waals surface area contributed by atoms with E-state index in [4.69, 9.17) is 16.3 Å². The average Bonchev–Trinajstić information content (AvgIpc) is 3.58. The van der Waals surface area contributed by atoms with Crippen LogP contribution in [0.1, 0.15) is 31.6 Å². The molecular weight excluding hydrogens is 462 g/mol.